The van der Waals surface area contributed by atoms with Gasteiger partial charge in [0.25, 0.3) is 0 Å². The Hall–Kier alpha value is -1.97. The molecule has 78 valence electrons. The van der Waals surface area contributed by atoms with E-state index < -0.39 is 0 Å². The van der Waals surface area contributed by atoms with Gasteiger partial charge in [0.15, 0.2) is 0 Å². The van der Waals surface area contributed by atoms with Gasteiger partial charge in [0.05, 0.1) is 25.8 Å². The van der Waals surface area contributed by atoms with Crippen LogP contribution >= 0.6 is 0 Å². The summed E-state index contributed by atoms with van der Waals surface area (Å²) < 4.78 is 9.97. The second-order valence-corrected chi connectivity index (χ2v) is 3.07. The normalized spacial score (nSPS) is 9.93. The summed E-state index contributed by atoms with van der Waals surface area (Å²) in [7, 11) is 1.62. The van der Waals surface area contributed by atoms with E-state index in [0.29, 0.717) is 6.54 Å². The number of nitrogens with zero attached hydrogens (tertiary/aromatic N) is 1. The van der Waals surface area contributed by atoms with Gasteiger partial charge >= 0.3 is 0 Å². The zero-order valence-electron chi connectivity index (χ0n) is 8.43. The van der Waals surface area contributed by atoms with Crippen molar-refractivity contribution in [1.82, 2.24) is 4.98 Å². The zero-order chi connectivity index (χ0) is 10.5. The lowest BCUT2D eigenvalue weighted by molar-refractivity contribution is 0.413. The van der Waals surface area contributed by atoms with E-state index >= 15 is 0 Å². The molecule has 0 aromatic carbocycles. The van der Waals surface area contributed by atoms with Gasteiger partial charge < -0.3 is 14.5 Å². The third-order valence-electron chi connectivity index (χ3n) is 2.03. The van der Waals surface area contributed by atoms with Gasteiger partial charge in [-0.15, -0.1) is 0 Å². The molecule has 0 aliphatic heterocycles. The van der Waals surface area contributed by atoms with Crippen LogP contribution in [0, 0.1) is 0 Å². The van der Waals surface area contributed by atoms with Gasteiger partial charge in [-0.2, -0.15) is 0 Å². The van der Waals surface area contributed by atoms with Gasteiger partial charge in [-0.05, 0) is 18.2 Å². The van der Waals surface area contributed by atoms with Crippen LogP contribution in [0.5, 0.6) is 5.75 Å². The summed E-state index contributed by atoms with van der Waals surface area (Å²) in [6, 6.07) is 5.65. The average Bonchev–Trinajstić information content (AvgIpc) is 2.80. The number of nitrogens with one attached hydrogen (secondary N) is 1. The molecule has 2 aromatic rings. The van der Waals surface area contributed by atoms with E-state index in [4.69, 9.17) is 9.15 Å². The van der Waals surface area contributed by atoms with Crippen molar-refractivity contribution in [1.29, 1.82) is 0 Å². The lowest BCUT2D eigenvalue weighted by Crippen LogP contribution is -1.99. The Kier molecular flexibility index (Phi) is 2.88. The van der Waals surface area contributed by atoms with Crippen LogP contribution in [0.15, 0.2) is 41.3 Å². The fourth-order valence-electron chi connectivity index (χ4n) is 1.19. The van der Waals surface area contributed by atoms with Crippen LogP contribution in [0.25, 0.3) is 0 Å². The first-order valence-corrected chi connectivity index (χ1v) is 4.63. The van der Waals surface area contributed by atoms with Crippen LogP contribution in [0.2, 0.25) is 0 Å². The first-order chi connectivity index (χ1) is 7.38. The van der Waals surface area contributed by atoms with Gasteiger partial charge in [-0.25, -0.2) is 4.98 Å². The summed E-state index contributed by atoms with van der Waals surface area (Å²) in [5.74, 6) is 1.57. The molecule has 1 N–H and O–H groups in total. The van der Waals surface area contributed by atoms with E-state index in [1.807, 2.05) is 18.2 Å². The minimum absolute atomic E-state index is 0.704. The van der Waals surface area contributed by atoms with Crippen molar-refractivity contribution in [2.24, 2.45) is 0 Å². The Balaban J connectivity index is 1.93. The van der Waals surface area contributed by atoms with Crippen LogP contribution in [0.3, 0.4) is 0 Å². The fourth-order valence-corrected chi connectivity index (χ4v) is 1.19. The maximum absolute atomic E-state index is 5.01. The zero-order valence-corrected chi connectivity index (χ0v) is 8.43. The molecule has 0 aliphatic carbocycles. The maximum atomic E-state index is 5.01. The van der Waals surface area contributed by atoms with Gasteiger partial charge in [-0.3, -0.25) is 0 Å². The monoisotopic (exact) mass is 204 g/mol. The number of hydrogen-bond donors (Lipinski definition) is 1. The van der Waals surface area contributed by atoms with E-state index in [1.54, 1.807) is 25.8 Å². The van der Waals surface area contributed by atoms with E-state index in [0.717, 1.165) is 17.1 Å². The molecular weight excluding hydrogens is 192 g/mol. The predicted molar refractivity (Wildman–Crippen MR) is 56.8 cm³/mol. The van der Waals surface area contributed by atoms with Crippen molar-refractivity contribution in [3.05, 3.63) is 42.5 Å². The molecule has 0 fully saturated rings. The number of aromatic nitrogens is 1. The molecule has 2 heterocycles. The second-order valence-electron chi connectivity index (χ2n) is 3.07. The maximum Gasteiger partial charge on any atom is 0.137 e. The SMILES string of the molecule is COc1ccc(NCc2ccoc2)nc1. The van der Waals surface area contributed by atoms with Crippen molar-refractivity contribution in [2.45, 2.75) is 6.54 Å². The standard InChI is InChI=1S/C11H12N2O2/c1-14-10-2-3-11(13-7-10)12-6-9-4-5-15-8-9/h2-5,7-8H,6H2,1H3,(H,12,13). The molecule has 0 saturated heterocycles. The minimum Gasteiger partial charge on any atom is -0.495 e. The Bertz CT molecular complexity index is 395. The van der Waals surface area contributed by atoms with Gasteiger partial charge in [0.1, 0.15) is 11.6 Å². The molecule has 0 spiro atoms. The lowest BCUT2D eigenvalue weighted by atomic mass is 10.3. The van der Waals surface area contributed by atoms with Crippen molar-refractivity contribution in [3.63, 3.8) is 0 Å². The molecule has 0 atom stereocenters. The average molecular weight is 204 g/mol. The molecule has 0 aliphatic rings. The number of ether oxygens (including phenoxy) is 1. The summed E-state index contributed by atoms with van der Waals surface area (Å²) in [5, 5.41) is 3.17. The summed E-state index contributed by atoms with van der Waals surface area (Å²) in [5.41, 5.74) is 1.09. The molecule has 0 radical (unpaired) electrons. The Labute approximate surface area is 87.9 Å². The molecule has 15 heavy (non-hydrogen) atoms. The molecule has 0 bridgehead atoms. The molecule has 0 amide bonds. The Morgan fingerprint density at radius 1 is 1.40 bits per heavy atom. The molecular formula is C11H12N2O2. The Morgan fingerprint density at radius 2 is 2.33 bits per heavy atom. The summed E-state index contributed by atoms with van der Waals surface area (Å²) in [4.78, 5) is 4.18. The summed E-state index contributed by atoms with van der Waals surface area (Å²) in [6.07, 6.45) is 5.03. The molecule has 4 heteroatoms. The van der Waals surface area contributed by atoms with Crippen molar-refractivity contribution in [3.8, 4) is 5.75 Å². The third-order valence-corrected chi connectivity index (χ3v) is 2.03. The fraction of sp³-hybridized carbons (Fsp3) is 0.182. The topological polar surface area (TPSA) is 47.3 Å². The first-order valence-electron chi connectivity index (χ1n) is 4.63. The lowest BCUT2D eigenvalue weighted by Gasteiger charge is -2.04. The number of hydrogen-bond acceptors (Lipinski definition) is 4. The largest absolute Gasteiger partial charge is 0.495 e. The highest BCUT2D eigenvalue weighted by Crippen LogP contribution is 2.12. The molecule has 0 saturated carbocycles. The van der Waals surface area contributed by atoms with Gasteiger partial charge in [-0.1, -0.05) is 0 Å². The van der Waals surface area contributed by atoms with E-state index in [-0.39, 0.29) is 0 Å². The van der Waals surface area contributed by atoms with Crippen LogP contribution in [-0.4, -0.2) is 12.1 Å². The van der Waals surface area contributed by atoms with Crippen molar-refractivity contribution >= 4 is 5.82 Å². The molecule has 0 unspecified atom stereocenters. The third kappa shape index (κ3) is 2.49. The van der Waals surface area contributed by atoms with E-state index in [1.165, 1.54) is 0 Å². The number of anilines is 1. The molecule has 4 nitrogen and oxygen atoms in total. The smallest absolute Gasteiger partial charge is 0.137 e. The highest BCUT2D eigenvalue weighted by Gasteiger charge is 1.96. The Morgan fingerprint density at radius 3 is 2.93 bits per heavy atom. The number of methoxy groups -OCH3 is 1. The summed E-state index contributed by atoms with van der Waals surface area (Å²) in [6.45, 7) is 0.704. The first kappa shape index (κ1) is 9.58. The molecule has 2 rings (SSSR count). The van der Waals surface area contributed by atoms with Crippen LogP contribution in [0.1, 0.15) is 5.56 Å². The molecule has 2 aromatic heterocycles. The predicted octanol–water partition coefficient (Wildman–Crippen LogP) is 2.30. The van der Waals surface area contributed by atoms with Crippen LogP contribution < -0.4 is 10.1 Å². The number of pyridine rings is 1. The second kappa shape index (κ2) is 4.50. The van der Waals surface area contributed by atoms with E-state index in [9.17, 15) is 0 Å². The van der Waals surface area contributed by atoms with Crippen LogP contribution in [0.4, 0.5) is 5.82 Å². The highest BCUT2D eigenvalue weighted by atomic mass is 16.5. The highest BCUT2D eigenvalue weighted by molar-refractivity contribution is 5.38. The van der Waals surface area contributed by atoms with Crippen molar-refractivity contribution < 1.29 is 9.15 Å². The van der Waals surface area contributed by atoms with Crippen molar-refractivity contribution in [2.75, 3.05) is 12.4 Å². The van der Waals surface area contributed by atoms with Gasteiger partial charge in [0, 0.05) is 12.1 Å². The quantitative estimate of drug-likeness (QED) is 0.830. The van der Waals surface area contributed by atoms with E-state index in [2.05, 4.69) is 10.3 Å². The minimum atomic E-state index is 0.704. The summed E-state index contributed by atoms with van der Waals surface area (Å²) >= 11 is 0. The number of furan rings is 1. The number of rotatable bonds is 4. The van der Waals surface area contributed by atoms with Crippen LogP contribution in [-0.2, 0) is 6.54 Å². The van der Waals surface area contributed by atoms with Gasteiger partial charge in [0.2, 0.25) is 0 Å².